The molecular formula is C12H18N4O3. The predicted molar refractivity (Wildman–Crippen MR) is 66.0 cm³/mol. The van der Waals surface area contributed by atoms with E-state index in [1.807, 2.05) is 0 Å². The molecule has 0 aromatic carbocycles. The van der Waals surface area contributed by atoms with E-state index in [4.69, 9.17) is 0 Å². The third-order valence-electron chi connectivity index (χ3n) is 3.60. The lowest BCUT2D eigenvalue weighted by Gasteiger charge is -2.22. The number of amides is 1. The minimum atomic E-state index is -0.873. The van der Waals surface area contributed by atoms with E-state index in [1.54, 1.807) is 18.1 Å². The Bertz CT molecular complexity index is 477. The van der Waals surface area contributed by atoms with Crippen molar-refractivity contribution in [2.24, 2.45) is 12.5 Å². The number of carboxylic acids is 1. The predicted octanol–water partition coefficient (Wildman–Crippen LogP) is 0.466. The maximum atomic E-state index is 11.9. The van der Waals surface area contributed by atoms with Gasteiger partial charge in [-0.2, -0.15) is 5.10 Å². The molecule has 1 aromatic heterocycles. The van der Waals surface area contributed by atoms with Crippen LogP contribution in [-0.4, -0.2) is 31.7 Å². The number of aromatic nitrogens is 3. The fraction of sp³-hybridized carbons (Fsp3) is 0.667. The average Bonchev–Trinajstić information content (AvgIpc) is 2.97. The van der Waals surface area contributed by atoms with Crippen molar-refractivity contribution in [2.75, 3.05) is 0 Å². The third kappa shape index (κ3) is 3.10. The SMILES string of the molecule is Cn1cnc(CNC(=O)CC2(C(=O)O)CCCC2)n1. The zero-order chi connectivity index (χ0) is 13.9. The van der Waals surface area contributed by atoms with Crippen LogP contribution in [0.25, 0.3) is 0 Å². The van der Waals surface area contributed by atoms with Crippen molar-refractivity contribution < 1.29 is 14.7 Å². The molecule has 19 heavy (non-hydrogen) atoms. The molecule has 1 heterocycles. The summed E-state index contributed by atoms with van der Waals surface area (Å²) in [6.45, 7) is 0.232. The molecule has 0 radical (unpaired) electrons. The van der Waals surface area contributed by atoms with Crippen molar-refractivity contribution in [1.29, 1.82) is 0 Å². The Labute approximate surface area is 111 Å². The number of carbonyl (C=O) groups excluding carboxylic acids is 1. The molecule has 7 nitrogen and oxygen atoms in total. The Hall–Kier alpha value is -1.92. The summed E-state index contributed by atoms with van der Waals surface area (Å²) in [6.07, 6.45) is 4.50. The number of carboxylic acid groups (broad SMARTS) is 1. The first-order valence-corrected chi connectivity index (χ1v) is 6.36. The quantitative estimate of drug-likeness (QED) is 0.807. The lowest BCUT2D eigenvalue weighted by Crippen LogP contribution is -2.35. The molecule has 0 saturated heterocycles. The molecule has 2 rings (SSSR count). The van der Waals surface area contributed by atoms with E-state index in [0.717, 1.165) is 12.8 Å². The zero-order valence-electron chi connectivity index (χ0n) is 10.9. The third-order valence-corrected chi connectivity index (χ3v) is 3.60. The molecule has 0 unspecified atom stereocenters. The van der Waals surface area contributed by atoms with Gasteiger partial charge in [0.15, 0.2) is 5.82 Å². The van der Waals surface area contributed by atoms with Crippen LogP contribution in [0.5, 0.6) is 0 Å². The van der Waals surface area contributed by atoms with Crippen molar-refractivity contribution in [3.05, 3.63) is 12.2 Å². The van der Waals surface area contributed by atoms with Gasteiger partial charge in [-0.3, -0.25) is 14.3 Å². The number of aryl methyl sites for hydroxylation is 1. The van der Waals surface area contributed by atoms with Crippen molar-refractivity contribution in [3.8, 4) is 0 Å². The Morgan fingerprint density at radius 3 is 2.68 bits per heavy atom. The second kappa shape index (κ2) is 5.38. The summed E-state index contributed by atoms with van der Waals surface area (Å²) in [5.74, 6) is -0.598. The molecule has 104 valence electrons. The van der Waals surface area contributed by atoms with E-state index in [2.05, 4.69) is 15.4 Å². The van der Waals surface area contributed by atoms with Gasteiger partial charge in [0.05, 0.1) is 12.0 Å². The maximum Gasteiger partial charge on any atom is 0.310 e. The molecule has 0 bridgehead atoms. The normalized spacial score (nSPS) is 17.3. The van der Waals surface area contributed by atoms with Gasteiger partial charge in [-0.25, -0.2) is 4.98 Å². The van der Waals surface area contributed by atoms with Crippen LogP contribution < -0.4 is 5.32 Å². The largest absolute Gasteiger partial charge is 0.481 e. The molecule has 1 aromatic rings. The van der Waals surface area contributed by atoms with Crippen molar-refractivity contribution in [3.63, 3.8) is 0 Å². The summed E-state index contributed by atoms with van der Waals surface area (Å²) in [4.78, 5) is 27.2. The number of hydrogen-bond donors (Lipinski definition) is 2. The van der Waals surface area contributed by atoms with Crippen LogP contribution in [0.3, 0.4) is 0 Å². The Kier molecular flexibility index (Phi) is 3.82. The van der Waals surface area contributed by atoms with Crippen LogP contribution in [0, 0.1) is 5.41 Å². The van der Waals surface area contributed by atoms with Crippen LogP contribution >= 0.6 is 0 Å². The van der Waals surface area contributed by atoms with Gasteiger partial charge < -0.3 is 10.4 Å². The summed E-state index contributed by atoms with van der Waals surface area (Å²) in [6, 6.07) is 0. The van der Waals surface area contributed by atoms with E-state index < -0.39 is 11.4 Å². The van der Waals surface area contributed by atoms with E-state index in [-0.39, 0.29) is 18.9 Å². The maximum absolute atomic E-state index is 11.9. The molecule has 7 heteroatoms. The molecule has 1 aliphatic rings. The van der Waals surface area contributed by atoms with Gasteiger partial charge in [-0.1, -0.05) is 12.8 Å². The number of nitrogens with one attached hydrogen (secondary N) is 1. The Morgan fingerprint density at radius 1 is 1.47 bits per heavy atom. The van der Waals surface area contributed by atoms with Crippen molar-refractivity contribution in [2.45, 2.75) is 38.6 Å². The van der Waals surface area contributed by atoms with Gasteiger partial charge in [-0.05, 0) is 12.8 Å². The van der Waals surface area contributed by atoms with Gasteiger partial charge in [0.1, 0.15) is 6.33 Å². The number of carbonyl (C=O) groups is 2. The highest BCUT2D eigenvalue weighted by Crippen LogP contribution is 2.41. The van der Waals surface area contributed by atoms with E-state index in [1.165, 1.54) is 0 Å². The molecule has 2 N–H and O–H groups in total. The number of aliphatic carboxylic acids is 1. The van der Waals surface area contributed by atoms with Crippen molar-refractivity contribution in [1.82, 2.24) is 20.1 Å². The Morgan fingerprint density at radius 2 is 2.16 bits per heavy atom. The minimum Gasteiger partial charge on any atom is -0.481 e. The number of nitrogens with zero attached hydrogens (tertiary/aromatic N) is 3. The highest BCUT2D eigenvalue weighted by molar-refractivity contribution is 5.85. The second-order valence-corrected chi connectivity index (χ2v) is 5.08. The van der Waals surface area contributed by atoms with Crippen LogP contribution in [0.1, 0.15) is 37.9 Å². The molecular weight excluding hydrogens is 248 g/mol. The molecule has 1 saturated carbocycles. The minimum absolute atomic E-state index is 0.0369. The van der Waals surface area contributed by atoms with Gasteiger partial charge >= 0.3 is 5.97 Å². The second-order valence-electron chi connectivity index (χ2n) is 5.08. The highest BCUT2D eigenvalue weighted by atomic mass is 16.4. The average molecular weight is 266 g/mol. The molecule has 0 atom stereocenters. The fourth-order valence-corrected chi connectivity index (χ4v) is 2.53. The fourth-order valence-electron chi connectivity index (χ4n) is 2.53. The first-order valence-electron chi connectivity index (χ1n) is 6.36. The standard InChI is InChI=1S/C12H18N4O3/c1-16-8-14-9(15-16)7-13-10(17)6-12(11(18)19)4-2-3-5-12/h8H,2-7H2,1H3,(H,13,17)(H,18,19). The van der Waals surface area contributed by atoms with Gasteiger partial charge in [0, 0.05) is 13.5 Å². The number of rotatable bonds is 5. The first kappa shape index (κ1) is 13.5. The summed E-state index contributed by atoms with van der Waals surface area (Å²) in [7, 11) is 1.75. The van der Waals surface area contributed by atoms with Crippen LogP contribution in [0.15, 0.2) is 6.33 Å². The molecule has 1 fully saturated rings. The van der Waals surface area contributed by atoms with Crippen LogP contribution in [-0.2, 0) is 23.2 Å². The Balaban J connectivity index is 1.88. The lowest BCUT2D eigenvalue weighted by atomic mass is 9.82. The smallest absolute Gasteiger partial charge is 0.310 e. The molecule has 0 aliphatic heterocycles. The van der Waals surface area contributed by atoms with E-state index in [9.17, 15) is 14.7 Å². The monoisotopic (exact) mass is 266 g/mol. The van der Waals surface area contributed by atoms with Crippen molar-refractivity contribution >= 4 is 11.9 Å². The van der Waals surface area contributed by atoms with Gasteiger partial charge in [0.25, 0.3) is 0 Å². The van der Waals surface area contributed by atoms with Crippen LogP contribution in [0.4, 0.5) is 0 Å². The molecule has 0 spiro atoms. The van der Waals surface area contributed by atoms with Crippen LogP contribution in [0.2, 0.25) is 0 Å². The molecule has 1 amide bonds. The summed E-state index contributed by atoms with van der Waals surface area (Å²) in [5, 5.41) is 16.0. The summed E-state index contributed by atoms with van der Waals surface area (Å²) < 4.78 is 1.55. The van der Waals surface area contributed by atoms with E-state index in [0.29, 0.717) is 18.7 Å². The zero-order valence-corrected chi connectivity index (χ0v) is 10.9. The summed E-state index contributed by atoms with van der Waals surface area (Å²) in [5.41, 5.74) is -0.873. The first-order chi connectivity index (χ1) is 9.02. The summed E-state index contributed by atoms with van der Waals surface area (Å²) >= 11 is 0. The highest BCUT2D eigenvalue weighted by Gasteiger charge is 2.42. The van der Waals surface area contributed by atoms with E-state index >= 15 is 0 Å². The van der Waals surface area contributed by atoms with Gasteiger partial charge in [-0.15, -0.1) is 0 Å². The topological polar surface area (TPSA) is 97.1 Å². The number of hydrogen-bond acceptors (Lipinski definition) is 4. The van der Waals surface area contributed by atoms with Gasteiger partial charge in [0.2, 0.25) is 5.91 Å². The molecule has 1 aliphatic carbocycles. The lowest BCUT2D eigenvalue weighted by molar-refractivity contribution is -0.151.